The largest absolute Gasteiger partial charge is 0.494 e. The van der Waals surface area contributed by atoms with Gasteiger partial charge in [-0.1, -0.05) is 13.8 Å². The maximum atomic E-state index is 12.3. The standard InChI is InChI=1S/C17H26N2O4/c1-5-23-14-8-6-13(7-9-14)16(21)19-15(11(2)3)17(22)18-10-12(4)20/h6-9,11-12,15,20H,5,10H2,1-4H3,(H,18,22)(H,19,21). The Morgan fingerprint density at radius 3 is 2.26 bits per heavy atom. The molecule has 0 spiro atoms. The van der Waals surface area contributed by atoms with Gasteiger partial charge in [-0.15, -0.1) is 0 Å². The number of benzene rings is 1. The lowest BCUT2D eigenvalue weighted by atomic mass is 10.0. The summed E-state index contributed by atoms with van der Waals surface area (Å²) in [5.74, 6) is -0.00563. The monoisotopic (exact) mass is 322 g/mol. The first-order chi connectivity index (χ1) is 10.8. The zero-order valence-corrected chi connectivity index (χ0v) is 14.1. The number of rotatable bonds is 8. The zero-order valence-electron chi connectivity index (χ0n) is 14.1. The predicted molar refractivity (Wildman–Crippen MR) is 88.4 cm³/mol. The molecule has 0 radical (unpaired) electrons. The number of aliphatic hydroxyl groups is 1. The van der Waals surface area contributed by atoms with E-state index in [1.165, 1.54) is 0 Å². The maximum absolute atomic E-state index is 12.3. The van der Waals surface area contributed by atoms with Crippen molar-refractivity contribution < 1.29 is 19.4 Å². The molecular formula is C17H26N2O4. The van der Waals surface area contributed by atoms with E-state index in [9.17, 15) is 14.7 Å². The summed E-state index contributed by atoms with van der Waals surface area (Å²) in [6.07, 6.45) is -0.631. The van der Waals surface area contributed by atoms with Gasteiger partial charge in [0.05, 0.1) is 12.7 Å². The first kappa shape index (κ1) is 19.0. The van der Waals surface area contributed by atoms with Crippen molar-refractivity contribution in [1.29, 1.82) is 0 Å². The van der Waals surface area contributed by atoms with Crippen LogP contribution >= 0.6 is 0 Å². The fourth-order valence-corrected chi connectivity index (χ4v) is 1.99. The highest BCUT2D eigenvalue weighted by Gasteiger charge is 2.24. The molecule has 0 aliphatic rings. The quantitative estimate of drug-likeness (QED) is 0.674. The van der Waals surface area contributed by atoms with Crippen LogP contribution in [0.2, 0.25) is 0 Å². The second-order valence-corrected chi connectivity index (χ2v) is 5.75. The Balaban J connectivity index is 2.71. The van der Waals surface area contributed by atoms with Gasteiger partial charge >= 0.3 is 0 Å². The predicted octanol–water partition coefficient (Wildman–Crippen LogP) is 1.34. The Morgan fingerprint density at radius 1 is 1.17 bits per heavy atom. The molecule has 2 unspecified atom stereocenters. The van der Waals surface area contributed by atoms with Crippen molar-refractivity contribution in [2.24, 2.45) is 5.92 Å². The molecule has 3 N–H and O–H groups in total. The van der Waals surface area contributed by atoms with Crippen molar-refractivity contribution in [2.75, 3.05) is 13.2 Å². The van der Waals surface area contributed by atoms with Gasteiger partial charge in [0, 0.05) is 12.1 Å². The molecule has 0 fully saturated rings. The summed E-state index contributed by atoms with van der Waals surface area (Å²) in [5.41, 5.74) is 0.461. The van der Waals surface area contributed by atoms with Gasteiger partial charge in [-0.25, -0.2) is 0 Å². The highest BCUT2D eigenvalue weighted by molar-refractivity contribution is 5.97. The molecule has 6 nitrogen and oxygen atoms in total. The van der Waals surface area contributed by atoms with Crippen LogP contribution in [-0.2, 0) is 4.79 Å². The lowest BCUT2D eigenvalue weighted by Crippen LogP contribution is -2.50. The SMILES string of the molecule is CCOc1ccc(C(=O)NC(C(=O)NCC(C)O)C(C)C)cc1. The van der Waals surface area contributed by atoms with Gasteiger partial charge in [-0.3, -0.25) is 9.59 Å². The van der Waals surface area contributed by atoms with Crippen molar-refractivity contribution in [3.05, 3.63) is 29.8 Å². The van der Waals surface area contributed by atoms with Crippen molar-refractivity contribution in [2.45, 2.75) is 39.8 Å². The third-order valence-electron chi connectivity index (χ3n) is 3.23. The summed E-state index contributed by atoms with van der Waals surface area (Å²) < 4.78 is 5.33. The van der Waals surface area contributed by atoms with E-state index in [0.29, 0.717) is 17.9 Å². The summed E-state index contributed by atoms with van der Waals surface area (Å²) in [6, 6.07) is 6.09. The van der Waals surface area contributed by atoms with E-state index in [0.717, 1.165) is 0 Å². The second kappa shape index (κ2) is 9.15. The third kappa shape index (κ3) is 6.28. The van der Waals surface area contributed by atoms with E-state index < -0.39 is 12.1 Å². The van der Waals surface area contributed by atoms with Gasteiger partial charge in [-0.05, 0) is 44.0 Å². The number of hydrogen-bond acceptors (Lipinski definition) is 4. The minimum atomic E-state index is -0.659. The van der Waals surface area contributed by atoms with Gasteiger partial charge in [0.25, 0.3) is 5.91 Å². The van der Waals surface area contributed by atoms with Crippen molar-refractivity contribution in [1.82, 2.24) is 10.6 Å². The van der Waals surface area contributed by atoms with Crippen LogP contribution in [0.15, 0.2) is 24.3 Å². The minimum absolute atomic E-state index is 0.0735. The summed E-state index contributed by atoms with van der Waals surface area (Å²) >= 11 is 0. The van der Waals surface area contributed by atoms with Gasteiger partial charge < -0.3 is 20.5 Å². The Bertz CT molecular complexity index is 512. The molecule has 0 saturated heterocycles. The van der Waals surface area contributed by atoms with E-state index >= 15 is 0 Å². The van der Waals surface area contributed by atoms with Crippen LogP contribution in [0.3, 0.4) is 0 Å². The molecule has 1 aromatic rings. The number of nitrogens with one attached hydrogen (secondary N) is 2. The van der Waals surface area contributed by atoms with Crippen LogP contribution in [0.25, 0.3) is 0 Å². The molecule has 0 aliphatic carbocycles. The van der Waals surface area contributed by atoms with Crippen LogP contribution in [-0.4, -0.2) is 42.2 Å². The van der Waals surface area contributed by atoms with Crippen LogP contribution in [0, 0.1) is 5.92 Å². The molecule has 1 aromatic carbocycles. The normalized spacial score (nSPS) is 13.3. The highest BCUT2D eigenvalue weighted by atomic mass is 16.5. The molecule has 128 valence electrons. The molecule has 2 atom stereocenters. The molecule has 6 heteroatoms. The second-order valence-electron chi connectivity index (χ2n) is 5.75. The Hall–Kier alpha value is -2.08. The average molecular weight is 322 g/mol. The maximum Gasteiger partial charge on any atom is 0.251 e. The van der Waals surface area contributed by atoms with Crippen LogP contribution < -0.4 is 15.4 Å². The Morgan fingerprint density at radius 2 is 1.78 bits per heavy atom. The average Bonchev–Trinajstić information content (AvgIpc) is 2.50. The van der Waals surface area contributed by atoms with E-state index in [4.69, 9.17) is 4.74 Å². The molecule has 2 amide bonds. The Kier molecular flexibility index (Phi) is 7.54. The number of carbonyl (C=O) groups excluding carboxylic acids is 2. The van der Waals surface area contributed by atoms with Crippen LogP contribution in [0.4, 0.5) is 0 Å². The first-order valence-electron chi connectivity index (χ1n) is 7.84. The molecule has 0 aromatic heterocycles. The van der Waals surface area contributed by atoms with E-state index in [-0.39, 0.29) is 24.3 Å². The zero-order chi connectivity index (χ0) is 17.4. The first-order valence-corrected chi connectivity index (χ1v) is 7.84. The van der Waals surface area contributed by atoms with Crippen molar-refractivity contribution in [3.63, 3.8) is 0 Å². The van der Waals surface area contributed by atoms with Crippen molar-refractivity contribution in [3.8, 4) is 5.75 Å². The summed E-state index contributed by atoms with van der Waals surface area (Å²) in [4.78, 5) is 24.4. The number of ether oxygens (including phenoxy) is 1. The molecule has 0 heterocycles. The lowest BCUT2D eigenvalue weighted by Gasteiger charge is -2.22. The van der Waals surface area contributed by atoms with Crippen LogP contribution in [0.5, 0.6) is 5.75 Å². The number of amides is 2. The van der Waals surface area contributed by atoms with E-state index in [1.807, 2.05) is 20.8 Å². The number of aliphatic hydroxyl groups excluding tert-OH is 1. The molecule has 1 rings (SSSR count). The molecule has 0 aliphatic heterocycles. The minimum Gasteiger partial charge on any atom is -0.494 e. The fourth-order valence-electron chi connectivity index (χ4n) is 1.99. The van der Waals surface area contributed by atoms with Crippen molar-refractivity contribution >= 4 is 11.8 Å². The molecular weight excluding hydrogens is 296 g/mol. The van der Waals surface area contributed by atoms with Gasteiger partial charge in [0.2, 0.25) is 5.91 Å². The topological polar surface area (TPSA) is 87.7 Å². The van der Waals surface area contributed by atoms with Gasteiger partial charge in [0.1, 0.15) is 11.8 Å². The summed E-state index contributed by atoms with van der Waals surface area (Å²) in [6.45, 7) is 7.89. The summed E-state index contributed by atoms with van der Waals surface area (Å²) in [5, 5.41) is 14.6. The van der Waals surface area contributed by atoms with Crippen LogP contribution in [0.1, 0.15) is 38.1 Å². The van der Waals surface area contributed by atoms with Gasteiger partial charge in [-0.2, -0.15) is 0 Å². The lowest BCUT2D eigenvalue weighted by molar-refractivity contribution is -0.124. The number of hydrogen-bond donors (Lipinski definition) is 3. The highest BCUT2D eigenvalue weighted by Crippen LogP contribution is 2.13. The van der Waals surface area contributed by atoms with E-state index in [2.05, 4.69) is 10.6 Å². The van der Waals surface area contributed by atoms with Gasteiger partial charge in [0.15, 0.2) is 0 Å². The molecule has 23 heavy (non-hydrogen) atoms. The van der Waals surface area contributed by atoms with E-state index in [1.54, 1.807) is 31.2 Å². The smallest absolute Gasteiger partial charge is 0.251 e. The number of carbonyl (C=O) groups is 2. The Labute approximate surface area is 137 Å². The fraction of sp³-hybridized carbons (Fsp3) is 0.529. The third-order valence-corrected chi connectivity index (χ3v) is 3.23. The summed E-state index contributed by atoms with van der Waals surface area (Å²) in [7, 11) is 0. The molecule has 0 saturated carbocycles. The molecule has 0 bridgehead atoms.